The largest absolute Gasteiger partial charge is 0.397 e. The number of imidazole rings is 3. The summed E-state index contributed by atoms with van der Waals surface area (Å²) in [6, 6.07) is 27.0. The Morgan fingerprint density at radius 3 is 1.25 bits per heavy atom. The van der Waals surface area contributed by atoms with Gasteiger partial charge in [-0.3, -0.25) is 17.9 Å². The summed E-state index contributed by atoms with van der Waals surface area (Å²) in [5.41, 5.74) is 27.5. The van der Waals surface area contributed by atoms with E-state index in [-0.39, 0.29) is 58.2 Å². The number of benzene rings is 3. The number of sulfone groups is 1. The van der Waals surface area contributed by atoms with Crippen LogP contribution >= 0.6 is 0 Å². The zero-order chi connectivity index (χ0) is 82.4. The predicted molar refractivity (Wildman–Crippen MR) is 435 cm³/mol. The average molecular weight is 1610 g/mol. The highest BCUT2D eigenvalue weighted by molar-refractivity contribution is 7.91. The Hall–Kier alpha value is -9.57. The van der Waals surface area contributed by atoms with Crippen molar-refractivity contribution in [1.29, 1.82) is 0 Å². The van der Waals surface area contributed by atoms with Crippen LogP contribution in [0.2, 0.25) is 0 Å². The summed E-state index contributed by atoms with van der Waals surface area (Å²) in [6.45, 7) is 21.3. The van der Waals surface area contributed by atoms with Crippen molar-refractivity contribution in [2.45, 2.75) is 178 Å². The van der Waals surface area contributed by atoms with Gasteiger partial charge in [-0.1, -0.05) is 98.7 Å². The van der Waals surface area contributed by atoms with E-state index in [0.717, 1.165) is 30.6 Å². The van der Waals surface area contributed by atoms with E-state index in [1.54, 1.807) is 29.0 Å². The van der Waals surface area contributed by atoms with Gasteiger partial charge in [-0.2, -0.15) is 0 Å². The van der Waals surface area contributed by atoms with Crippen molar-refractivity contribution < 1.29 is 71.9 Å². The highest BCUT2D eigenvalue weighted by atomic mass is 32.2. The number of nitrogens with one attached hydrogen (secondary N) is 6. The fourth-order valence-electron chi connectivity index (χ4n) is 13.7. The molecule has 9 aromatic rings. The van der Waals surface area contributed by atoms with Gasteiger partial charge in [-0.15, -0.1) is 0 Å². The van der Waals surface area contributed by atoms with E-state index in [1.165, 1.54) is 51.6 Å². The van der Waals surface area contributed by atoms with Crippen molar-refractivity contribution >= 4 is 106 Å². The number of anilines is 6. The first-order chi connectivity index (χ1) is 53.8. The molecule has 1 aliphatic carbocycles. The Morgan fingerprint density at radius 2 is 0.860 bits per heavy atom. The first-order valence-corrected chi connectivity index (χ1v) is 41.1. The molecule has 4 fully saturated rings. The average Bonchev–Trinajstić information content (AvgIpc) is 1.63. The number of nitrogens with two attached hydrogens (primary N) is 3. The summed E-state index contributed by atoms with van der Waals surface area (Å²) < 4.78 is 60.2. The number of carbonyl (C=O) groups excluding carboxylic acids is 3. The van der Waals surface area contributed by atoms with Crippen molar-refractivity contribution in [3.8, 4) is 0 Å². The van der Waals surface area contributed by atoms with E-state index in [4.69, 9.17) is 31.4 Å². The fourth-order valence-corrected chi connectivity index (χ4v) is 16.5. The number of aromatic nitrogens is 9. The second kappa shape index (κ2) is 35.7. The van der Waals surface area contributed by atoms with Gasteiger partial charge in [-0.25, -0.2) is 52.7 Å². The standard InChI is InChI=1S/C28H39N7O4.C25H34N6O6S.C25H34N6O5S/c1-27(2,3)17-5-7-18(8-6-17)33-26(38)31-14-28(10-11-28)15-34(4)13-20-22(36)23(37)25(39-20)35-16-32-21-19(29)9-12-30-24(21)35;1-25(2,3)15-5-7-16(8-6-15)30-24(34)28-10-4-12-38(35,36)13-18-20(32)21(33)23(37-18)31-14-29-19-17(26)9-11-27-22(19)31;1-25(2,3)15-5-7-16(8-6-15)30-24(34)28-10-4-12-37(35)13-18-20(32)21(33)23(36-18)31-14-29-19-17(26)9-11-27-22(19)31/h5-9,12,16,20,22-23,25,36-37H,10-11,13-15H2,1-4H3,(H2,29,30)(H2,31,33,38);5-9,11,14,18,20-21,23,32-33H,4,10,12-13H2,1-3H3,(H2,26,27)(H2,28,30,34);5-9,11,14,18,20-21,23,32-33H,4,10,12-13H2,1-3H3,(H2,26,27)(H2,28,30,34)/t20-,22-,23-,25-;18-,20-,21-,23-;18-,20-,21-,23-,37?/m111/s1. The number of hydrogen-bond donors (Lipinski definition) is 15. The van der Waals surface area contributed by atoms with Gasteiger partial charge in [0, 0.05) is 90.3 Å². The third kappa shape index (κ3) is 21.1. The summed E-state index contributed by atoms with van der Waals surface area (Å²) in [6.07, 6.45) is -1.31. The molecule has 0 bridgehead atoms. The maximum absolute atomic E-state index is 12.7. The Morgan fingerprint density at radius 1 is 0.509 bits per heavy atom. The van der Waals surface area contributed by atoms with E-state index < -0.39 is 106 Å². The number of rotatable bonds is 24. The van der Waals surface area contributed by atoms with Crippen LogP contribution in [0, 0.1) is 5.41 Å². The van der Waals surface area contributed by atoms with E-state index in [0.29, 0.717) is 93.7 Å². The lowest BCUT2D eigenvalue weighted by atomic mass is 9.87. The van der Waals surface area contributed by atoms with Gasteiger partial charge in [0.1, 0.15) is 71.5 Å². The Labute approximate surface area is 663 Å². The lowest BCUT2D eigenvalue weighted by molar-refractivity contribution is -0.0432. The lowest BCUT2D eigenvalue weighted by Gasteiger charge is -2.27. The molecule has 1 saturated carbocycles. The van der Waals surface area contributed by atoms with Gasteiger partial charge < -0.3 is 98.9 Å². The number of nitrogens with zero attached hydrogens (tertiary/aromatic N) is 10. The van der Waals surface area contributed by atoms with Crippen molar-refractivity contribution in [1.82, 2.24) is 64.5 Å². The third-order valence-electron chi connectivity index (χ3n) is 20.5. The molecule has 34 nitrogen and oxygen atoms in total. The number of hydrogen-bond acceptors (Lipinski definition) is 25. The molecule has 3 aliphatic heterocycles. The Bertz CT molecular complexity index is 4930. The molecule has 0 radical (unpaired) electrons. The summed E-state index contributed by atoms with van der Waals surface area (Å²) in [5, 5.41) is 80.4. The fraction of sp³-hybridized carbons (Fsp3) is 0.500. The van der Waals surface area contributed by atoms with E-state index in [9.17, 15) is 57.6 Å². The van der Waals surface area contributed by atoms with Crippen LogP contribution in [-0.4, -0.2) is 228 Å². The van der Waals surface area contributed by atoms with Crippen molar-refractivity contribution in [2.24, 2.45) is 5.41 Å². The zero-order valence-electron chi connectivity index (χ0n) is 65.6. The highest BCUT2D eigenvalue weighted by Gasteiger charge is 2.49. The SMILES string of the molecule is CC(C)(C)c1ccc(NC(=O)NCCCS(=O)(=O)C[C@H]2O[C@@H](n3cnc4c(N)ccnc43)[C@H](O)[C@@H]2O)cc1.CC(C)(C)c1ccc(NC(=O)NCCCS(=O)C[C@H]2O[C@@H](n3cnc4c(N)ccnc43)[C@H](O)[C@@H]2O)cc1.CN(C[C@H]1O[C@@H](n2cnc3c(N)ccnc32)[C@H](O)[C@@H]1O)CC1(CNC(=O)Nc2ccc(C(C)(C)C)cc2)CC1. The third-order valence-corrected chi connectivity index (χ3v) is 23.7. The Balaban J connectivity index is 0.000000169. The number of amides is 6. The number of pyridine rings is 3. The minimum atomic E-state index is -3.67. The monoisotopic (exact) mass is 1610 g/mol. The van der Waals surface area contributed by atoms with E-state index in [2.05, 4.69) is 129 Å². The molecule has 9 heterocycles. The molecule has 36 heteroatoms. The first-order valence-electron chi connectivity index (χ1n) is 37.8. The topological polar surface area (TPSA) is 497 Å². The molecule has 114 heavy (non-hydrogen) atoms. The minimum absolute atomic E-state index is 0.00445. The molecule has 18 N–H and O–H groups in total. The van der Waals surface area contributed by atoms with Crippen molar-refractivity contribution in [3.63, 3.8) is 0 Å². The molecule has 6 amide bonds. The molecule has 4 aliphatic rings. The molecule has 3 aromatic carbocycles. The molecule has 13 rings (SSSR count). The second-order valence-corrected chi connectivity index (χ2v) is 36.5. The minimum Gasteiger partial charge on any atom is -0.397 e. The summed E-state index contributed by atoms with van der Waals surface area (Å²) in [5.74, 6) is -0.369. The van der Waals surface area contributed by atoms with Crippen LogP contribution in [0.3, 0.4) is 0 Å². The summed E-state index contributed by atoms with van der Waals surface area (Å²) in [7, 11) is -3.04. The maximum Gasteiger partial charge on any atom is 0.319 e. The molecule has 616 valence electrons. The smallest absolute Gasteiger partial charge is 0.319 e. The molecular formula is C78H107N19O15S2. The number of fused-ring (bicyclic) bond motifs is 3. The molecule has 1 unspecified atom stereocenters. The number of nitrogen functional groups attached to an aromatic ring is 3. The van der Waals surface area contributed by atoms with Gasteiger partial charge in [0.05, 0.1) is 53.3 Å². The van der Waals surface area contributed by atoms with Crippen LogP contribution in [0.4, 0.5) is 48.5 Å². The van der Waals surface area contributed by atoms with Crippen LogP contribution in [-0.2, 0) is 51.1 Å². The quantitative estimate of drug-likeness (QED) is 0.0312. The van der Waals surface area contributed by atoms with E-state index in [1.807, 2.05) is 79.8 Å². The molecule has 3 saturated heterocycles. The summed E-state index contributed by atoms with van der Waals surface area (Å²) in [4.78, 5) is 64.4. The van der Waals surface area contributed by atoms with Crippen LogP contribution < -0.4 is 49.1 Å². The maximum atomic E-state index is 12.7. The van der Waals surface area contributed by atoms with Crippen molar-refractivity contribution in [3.05, 3.63) is 145 Å². The van der Waals surface area contributed by atoms with E-state index >= 15 is 0 Å². The number of urea groups is 3. The van der Waals surface area contributed by atoms with Gasteiger partial charge in [0.2, 0.25) is 0 Å². The molecule has 6 aromatic heterocycles. The highest BCUT2D eigenvalue weighted by Crippen LogP contribution is 2.46. The number of aliphatic hydroxyl groups excluding tert-OH is 6. The number of aliphatic hydroxyl groups is 6. The molecular weight excluding hydrogens is 1510 g/mol. The van der Waals surface area contributed by atoms with Crippen LogP contribution in [0.5, 0.6) is 0 Å². The lowest BCUT2D eigenvalue weighted by Crippen LogP contribution is -2.43. The van der Waals surface area contributed by atoms with Crippen LogP contribution in [0.25, 0.3) is 33.5 Å². The first kappa shape index (κ1) is 85.3. The molecule has 13 atom stereocenters. The van der Waals surface area contributed by atoms with Crippen LogP contribution in [0.1, 0.15) is 123 Å². The van der Waals surface area contributed by atoms with Gasteiger partial charge in [-0.05, 0) is 120 Å². The van der Waals surface area contributed by atoms with Crippen LogP contribution in [0.15, 0.2) is 129 Å². The number of carbonyl (C=O) groups is 3. The second-order valence-electron chi connectivity index (χ2n) is 32.7. The van der Waals surface area contributed by atoms with Gasteiger partial charge >= 0.3 is 18.1 Å². The van der Waals surface area contributed by atoms with Gasteiger partial charge in [0.15, 0.2) is 45.5 Å². The normalized spacial score (nSPS) is 23.0. The number of likely N-dealkylation sites (N-methyl/N-ethyl adjacent to an activating group) is 1. The Kier molecular flexibility index (Phi) is 26.7. The predicted octanol–water partition coefficient (Wildman–Crippen LogP) is 5.91. The van der Waals surface area contributed by atoms with Gasteiger partial charge in [0.25, 0.3) is 0 Å². The number of ether oxygens (including phenoxy) is 3. The zero-order valence-corrected chi connectivity index (χ0v) is 67.3. The summed E-state index contributed by atoms with van der Waals surface area (Å²) >= 11 is 0. The molecule has 0 spiro atoms. The van der Waals surface area contributed by atoms with Crippen molar-refractivity contribution in [2.75, 3.05) is 95.9 Å².